The fourth-order valence-corrected chi connectivity index (χ4v) is 7.91. The van der Waals surface area contributed by atoms with E-state index in [1.807, 2.05) is 92.7 Å². The number of allylic oxidation sites excluding steroid dienone is 2. The summed E-state index contributed by atoms with van der Waals surface area (Å²) in [6.45, 7) is 24.9. The van der Waals surface area contributed by atoms with E-state index in [-0.39, 0.29) is 60.2 Å². The number of nitrogens with zero attached hydrogens (tertiary/aromatic N) is 1. The van der Waals surface area contributed by atoms with Gasteiger partial charge in [0.15, 0.2) is 18.9 Å². The van der Waals surface area contributed by atoms with Crippen molar-refractivity contribution in [3.63, 3.8) is 0 Å². The molecule has 61 heavy (non-hydrogen) atoms. The van der Waals surface area contributed by atoms with Crippen LogP contribution in [0.2, 0.25) is 0 Å². The predicted octanol–water partition coefficient (Wildman–Crippen LogP) is 9.44. The number of nitro groups is 1. The summed E-state index contributed by atoms with van der Waals surface area (Å²) in [6.07, 6.45) is 9.30. The van der Waals surface area contributed by atoms with E-state index in [2.05, 4.69) is 13.8 Å². The van der Waals surface area contributed by atoms with Crippen LogP contribution in [0.25, 0.3) is 0 Å². The van der Waals surface area contributed by atoms with Crippen molar-refractivity contribution in [2.75, 3.05) is 19.8 Å². The lowest BCUT2D eigenvalue weighted by molar-refractivity contribution is -0.384. The second-order valence-corrected chi connectivity index (χ2v) is 16.4. The first-order chi connectivity index (χ1) is 28.9. The first-order valence-corrected chi connectivity index (χ1v) is 22.1. The van der Waals surface area contributed by atoms with Gasteiger partial charge in [-0.2, -0.15) is 0 Å². The van der Waals surface area contributed by atoms with Crippen LogP contribution >= 0.6 is 0 Å². The number of carbonyl (C=O) groups excluding carboxylic acids is 2. The Morgan fingerprint density at radius 3 is 2.21 bits per heavy atom. The van der Waals surface area contributed by atoms with Gasteiger partial charge in [0, 0.05) is 50.2 Å². The molecule has 1 aromatic rings. The molecule has 2 aliphatic heterocycles. The topological polar surface area (TPSA) is 164 Å². The highest BCUT2D eigenvalue weighted by molar-refractivity contribution is 5.77. The van der Waals surface area contributed by atoms with Crippen LogP contribution in [-0.4, -0.2) is 91.7 Å². The molecule has 13 unspecified atom stereocenters. The standard InChI is InChI=1S/C47H73NO13/c1-13-41(57-35(10)54-15-3)33(8)45-42(59-45)29-47(12,61-36(11)55-16-4)27-17-18-31(6)44-32(7)20-26-40(46(50)58-38-24-21-37(22-25-38)48(51)52)30(5)19-23-39(28-43(49)60-44)56-34(9)53-14-2/h17-18,20-22,24-27,30,32-36,39-42,44-45H,13-16,19,23,28-29H2,1-12H3/b26-20-,27-17+,31-18+. The first kappa shape index (κ1) is 51.8. The maximum absolute atomic E-state index is 13.7. The summed E-state index contributed by atoms with van der Waals surface area (Å²) in [5, 5.41) is 11.2. The largest absolute Gasteiger partial charge is 0.457 e. The van der Waals surface area contributed by atoms with E-state index >= 15 is 0 Å². The minimum absolute atomic E-state index is 0.000314. The summed E-state index contributed by atoms with van der Waals surface area (Å²) in [6, 6.07) is 5.41. The van der Waals surface area contributed by atoms with E-state index in [9.17, 15) is 19.7 Å². The van der Waals surface area contributed by atoms with Crippen molar-refractivity contribution >= 4 is 17.6 Å². The Morgan fingerprint density at radius 1 is 0.951 bits per heavy atom. The zero-order valence-electron chi connectivity index (χ0n) is 38.5. The summed E-state index contributed by atoms with van der Waals surface area (Å²) >= 11 is 0. The Hall–Kier alpha value is -3.50. The second kappa shape index (κ2) is 25.6. The molecule has 0 N–H and O–H groups in total. The minimum atomic E-state index is -0.768. The van der Waals surface area contributed by atoms with Gasteiger partial charge in [-0.05, 0) is 98.3 Å². The number of esters is 2. The molecule has 14 heteroatoms. The molecule has 0 amide bonds. The minimum Gasteiger partial charge on any atom is -0.457 e. The molecular weight excluding hydrogens is 787 g/mol. The van der Waals surface area contributed by atoms with E-state index < -0.39 is 53.2 Å². The zero-order valence-corrected chi connectivity index (χ0v) is 38.5. The zero-order chi connectivity index (χ0) is 45.3. The molecule has 0 bridgehead atoms. The molecule has 1 aromatic carbocycles. The molecule has 2 heterocycles. The monoisotopic (exact) mass is 860 g/mol. The smallest absolute Gasteiger partial charge is 0.318 e. The van der Waals surface area contributed by atoms with Crippen LogP contribution in [0.15, 0.2) is 60.2 Å². The van der Waals surface area contributed by atoms with E-state index in [1.54, 1.807) is 6.92 Å². The molecule has 3 rings (SSSR count). The van der Waals surface area contributed by atoms with Crippen LogP contribution in [0.4, 0.5) is 5.69 Å². The van der Waals surface area contributed by atoms with Gasteiger partial charge in [-0.1, -0.05) is 58.1 Å². The number of carbonyl (C=O) groups is 2. The van der Waals surface area contributed by atoms with Crippen molar-refractivity contribution < 1.29 is 57.1 Å². The molecule has 0 saturated carbocycles. The molecule has 14 nitrogen and oxygen atoms in total. The van der Waals surface area contributed by atoms with Gasteiger partial charge in [0.1, 0.15) is 11.9 Å². The van der Waals surface area contributed by atoms with Crippen molar-refractivity contribution in [2.45, 2.75) is 170 Å². The number of nitro benzene ring substituents is 1. The summed E-state index contributed by atoms with van der Waals surface area (Å²) < 4.78 is 54.2. The van der Waals surface area contributed by atoms with Crippen LogP contribution in [0, 0.1) is 33.8 Å². The number of hydrogen-bond acceptors (Lipinski definition) is 13. The Labute approximate surface area is 363 Å². The Morgan fingerprint density at radius 2 is 1.59 bits per heavy atom. The normalized spacial score (nSPS) is 28.0. The Kier molecular flexibility index (Phi) is 21.7. The third kappa shape index (κ3) is 17.3. The first-order valence-electron chi connectivity index (χ1n) is 22.1. The van der Waals surface area contributed by atoms with Crippen LogP contribution in [0.5, 0.6) is 5.75 Å². The van der Waals surface area contributed by atoms with E-state index in [0.717, 1.165) is 12.0 Å². The van der Waals surface area contributed by atoms with Gasteiger partial charge >= 0.3 is 11.9 Å². The number of ether oxygens (including phenoxy) is 9. The van der Waals surface area contributed by atoms with Crippen LogP contribution < -0.4 is 4.74 Å². The highest BCUT2D eigenvalue weighted by Gasteiger charge is 2.49. The van der Waals surface area contributed by atoms with Crippen LogP contribution in [0.3, 0.4) is 0 Å². The van der Waals surface area contributed by atoms with Crippen molar-refractivity contribution in [2.24, 2.45) is 23.7 Å². The van der Waals surface area contributed by atoms with Crippen molar-refractivity contribution in [3.05, 3.63) is 70.3 Å². The molecule has 1 saturated heterocycles. The number of hydrogen-bond donors (Lipinski definition) is 0. The Balaban J connectivity index is 1.90. The number of cyclic esters (lactones) is 1. The van der Waals surface area contributed by atoms with Crippen LogP contribution in [0.1, 0.15) is 115 Å². The van der Waals surface area contributed by atoms with Gasteiger partial charge in [0.25, 0.3) is 5.69 Å². The fourth-order valence-electron chi connectivity index (χ4n) is 7.91. The third-order valence-electron chi connectivity index (χ3n) is 11.2. The maximum atomic E-state index is 13.7. The second-order valence-electron chi connectivity index (χ2n) is 16.4. The van der Waals surface area contributed by atoms with E-state index in [4.69, 9.17) is 42.6 Å². The van der Waals surface area contributed by atoms with Gasteiger partial charge in [-0.3, -0.25) is 19.7 Å². The number of benzene rings is 1. The molecule has 0 spiro atoms. The average molecular weight is 860 g/mol. The SMILES string of the molecule is CCOC(C)OC1CCC(C)C(C(=O)Oc2ccc([N+](=O)[O-])cc2)/C=C\C(C)C(/C(C)=C/C=C/C(C)(CC2OC2C(C)C(CC)OC(C)OCC)OC(C)OCC)OC(=O)C1. The van der Waals surface area contributed by atoms with Gasteiger partial charge in [0.05, 0.1) is 47.3 Å². The quantitative estimate of drug-likeness (QED) is 0.0150. The van der Waals surface area contributed by atoms with E-state index in [1.165, 1.54) is 24.3 Å². The molecule has 0 aliphatic carbocycles. The summed E-state index contributed by atoms with van der Waals surface area (Å²) in [7, 11) is 0. The number of rotatable bonds is 23. The lowest BCUT2D eigenvalue weighted by atomic mass is 9.86. The number of non-ortho nitro benzene ring substituents is 1. The molecule has 0 aromatic heterocycles. The average Bonchev–Trinajstić information content (AvgIpc) is 3.95. The lowest BCUT2D eigenvalue weighted by Crippen LogP contribution is -2.35. The highest BCUT2D eigenvalue weighted by atomic mass is 16.7. The molecule has 0 radical (unpaired) electrons. The van der Waals surface area contributed by atoms with Gasteiger partial charge in [-0.25, -0.2) is 0 Å². The fraction of sp³-hybridized carbons (Fsp3) is 0.702. The Bertz CT molecular complexity index is 1600. The molecule has 344 valence electrons. The molecule has 13 atom stereocenters. The number of epoxide rings is 1. The summed E-state index contributed by atoms with van der Waals surface area (Å²) in [5.41, 5.74) is -0.0976. The van der Waals surface area contributed by atoms with Crippen LogP contribution in [-0.2, 0) is 47.5 Å². The predicted molar refractivity (Wildman–Crippen MR) is 232 cm³/mol. The van der Waals surface area contributed by atoms with Crippen molar-refractivity contribution in [1.29, 1.82) is 0 Å². The highest BCUT2D eigenvalue weighted by Crippen LogP contribution is 2.40. The van der Waals surface area contributed by atoms with Gasteiger partial charge in [0.2, 0.25) is 0 Å². The van der Waals surface area contributed by atoms with Crippen molar-refractivity contribution in [1.82, 2.24) is 0 Å². The third-order valence-corrected chi connectivity index (χ3v) is 11.2. The maximum Gasteiger partial charge on any atom is 0.318 e. The van der Waals surface area contributed by atoms with Gasteiger partial charge in [-0.15, -0.1) is 0 Å². The molecule has 1 fully saturated rings. The summed E-state index contributed by atoms with van der Waals surface area (Å²) in [5.74, 6) is -1.79. The molecule has 2 aliphatic rings. The summed E-state index contributed by atoms with van der Waals surface area (Å²) in [4.78, 5) is 38.0. The molecular formula is C47H73NO13. The van der Waals surface area contributed by atoms with Gasteiger partial charge < -0.3 is 42.6 Å². The van der Waals surface area contributed by atoms with E-state index in [0.29, 0.717) is 39.1 Å². The lowest BCUT2D eigenvalue weighted by Gasteiger charge is -2.30. The van der Waals surface area contributed by atoms with Crippen molar-refractivity contribution in [3.8, 4) is 5.75 Å².